The zero-order valence-corrected chi connectivity index (χ0v) is 11.3. The molecule has 0 saturated carbocycles. The number of hydrogen-bond donors (Lipinski definition) is 1. The Balaban J connectivity index is 1.97. The summed E-state index contributed by atoms with van der Waals surface area (Å²) in [5.41, 5.74) is 4.77. The predicted octanol–water partition coefficient (Wildman–Crippen LogP) is 3.21. The molecule has 3 rings (SSSR count). The molecule has 3 heteroatoms. The van der Waals surface area contributed by atoms with E-state index in [0.29, 0.717) is 6.42 Å². The smallest absolute Gasteiger partial charge is 0.0944 e. The number of hydrogen-bond acceptors (Lipinski definition) is 3. The number of aryl methyl sites for hydroxylation is 1. The average molecular weight is 264 g/mol. The van der Waals surface area contributed by atoms with Crippen molar-refractivity contribution in [1.29, 1.82) is 0 Å². The van der Waals surface area contributed by atoms with Crippen molar-refractivity contribution >= 4 is 11.0 Å². The van der Waals surface area contributed by atoms with Crippen LogP contribution in [0, 0.1) is 6.92 Å². The van der Waals surface area contributed by atoms with Crippen LogP contribution in [-0.2, 0) is 6.42 Å². The molecular weight excluding hydrogens is 248 g/mol. The molecule has 0 amide bonds. The molecule has 1 atom stereocenters. The first-order chi connectivity index (χ1) is 9.75. The molecule has 0 fully saturated rings. The molecule has 0 bridgehead atoms. The van der Waals surface area contributed by atoms with E-state index in [0.717, 1.165) is 22.2 Å². The number of aliphatic hydroxyl groups is 1. The van der Waals surface area contributed by atoms with E-state index in [1.54, 1.807) is 12.4 Å². The van der Waals surface area contributed by atoms with Gasteiger partial charge in [0.15, 0.2) is 0 Å². The van der Waals surface area contributed by atoms with Crippen molar-refractivity contribution in [2.45, 2.75) is 19.4 Å². The standard InChI is InChI=1S/C17H16N2O/c1-12-5-2-3-6-13(12)11-16(20)14-7-4-8-15-17(14)19-10-9-18-15/h2-10,16,20H,11H2,1H3. The Labute approximate surface area is 117 Å². The summed E-state index contributed by atoms with van der Waals surface area (Å²) in [6, 6.07) is 13.9. The molecule has 100 valence electrons. The molecule has 3 nitrogen and oxygen atoms in total. The summed E-state index contributed by atoms with van der Waals surface area (Å²) in [4.78, 5) is 8.62. The van der Waals surface area contributed by atoms with Gasteiger partial charge >= 0.3 is 0 Å². The minimum Gasteiger partial charge on any atom is -0.388 e. The van der Waals surface area contributed by atoms with Crippen LogP contribution in [0.25, 0.3) is 11.0 Å². The van der Waals surface area contributed by atoms with E-state index in [4.69, 9.17) is 0 Å². The maximum Gasteiger partial charge on any atom is 0.0944 e. The van der Waals surface area contributed by atoms with Crippen molar-refractivity contribution in [3.63, 3.8) is 0 Å². The largest absolute Gasteiger partial charge is 0.388 e. The molecule has 1 unspecified atom stereocenters. The van der Waals surface area contributed by atoms with E-state index in [9.17, 15) is 5.11 Å². The Morgan fingerprint density at radius 2 is 1.80 bits per heavy atom. The van der Waals surface area contributed by atoms with Gasteiger partial charge in [0.25, 0.3) is 0 Å². The van der Waals surface area contributed by atoms with E-state index in [1.807, 2.05) is 30.3 Å². The maximum atomic E-state index is 10.5. The highest BCUT2D eigenvalue weighted by molar-refractivity contribution is 5.77. The van der Waals surface area contributed by atoms with Crippen LogP contribution in [0.4, 0.5) is 0 Å². The highest BCUT2D eigenvalue weighted by Crippen LogP contribution is 2.25. The van der Waals surface area contributed by atoms with Crippen LogP contribution in [0.5, 0.6) is 0 Å². The summed E-state index contributed by atoms with van der Waals surface area (Å²) in [5.74, 6) is 0. The Hall–Kier alpha value is -2.26. The van der Waals surface area contributed by atoms with E-state index in [1.165, 1.54) is 5.56 Å². The fourth-order valence-electron chi connectivity index (χ4n) is 2.44. The number of para-hydroxylation sites is 1. The van der Waals surface area contributed by atoms with Crippen molar-refractivity contribution in [3.8, 4) is 0 Å². The molecule has 1 heterocycles. The van der Waals surface area contributed by atoms with Gasteiger partial charge in [-0.25, -0.2) is 0 Å². The molecular formula is C17H16N2O. The van der Waals surface area contributed by atoms with Crippen molar-refractivity contribution in [2.24, 2.45) is 0 Å². The van der Waals surface area contributed by atoms with Crippen LogP contribution in [0.1, 0.15) is 22.8 Å². The van der Waals surface area contributed by atoms with E-state index in [-0.39, 0.29) is 0 Å². The van der Waals surface area contributed by atoms with Gasteiger partial charge in [-0.15, -0.1) is 0 Å². The maximum absolute atomic E-state index is 10.5. The lowest BCUT2D eigenvalue weighted by molar-refractivity contribution is 0.179. The summed E-state index contributed by atoms with van der Waals surface area (Å²) in [7, 11) is 0. The van der Waals surface area contributed by atoms with Crippen LogP contribution >= 0.6 is 0 Å². The van der Waals surface area contributed by atoms with E-state index in [2.05, 4.69) is 29.0 Å². The zero-order valence-electron chi connectivity index (χ0n) is 11.3. The second kappa shape index (κ2) is 5.39. The molecule has 3 aromatic rings. The average Bonchev–Trinajstić information content (AvgIpc) is 2.49. The Morgan fingerprint density at radius 3 is 2.65 bits per heavy atom. The third-order valence-electron chi connectivity index (χ3n) is 3.56. The van der Waals surface area contributed by atoms with Gasteiger partial charge in [-0.2, -0.15) is 0 Å². The second-order valence-corrected chi connectivity index (χ2v) is 4.92. The third kappa shape index (κ3) is 2.40. The highest BCUT2D eigenvalue weighted by Gasteiger charge is 2.14. The fraction of sp³-hybridized carbons (Fsp3) is 0.176. The van der Waals surface area contributed by atoms with Crippen LogP contribution in [0.15, 0.2) is 54.9 Å². The van der Waals surface area contributed by atoms with Gasteiger partial charge in [-0.1, -0.05) is 36.4 Å². The van der Waals surface area contributed by atoms with Gasteiger partial charge in [0.1, 0.15) is 0 Å². The van der Waals surface area contributed by atoms with Crippen molar-refractivity contribution in [3.05, 3.63) is 71.5 Å². The van der Waals surface area contributed by atoms with Gasteiger partial charge in [-0.3, -0.25) is 9.97 Å². The van der Waals surface area contributed by atoms with Crippen LogP contribution in [0.3, 0.4) is 0 Å². The number of rotatable bonds is 3. The summed E-state index contributed by atoms with van der Waals surface area (Å²) in [6.45, 7) is 2.06. The minimum atomic E-state index is -0.573. The molecule has 1 aromatic heterocycles. The first-order valence-corrected chi connectivity index (χ1v) is 6.68. The minimum absolute atomic E-state index is 0.573. The number of nitrogens with zero attached hydrogens (tertiary/aromatic N) is 2. The number of fused-ring (bicyclic) bond motifs is 1. The summed E-state index contributed by atoms with van der Waals surface area (Å²) in [6.07, 6.45) is 3.34. The summed E-state index contributed by atoms with van der Waals surface area (Å²) in [5, 5.41) is 10.5. The number of aliphatic hydroxyl groups excluding tert-OH is 1. The van der Waals surface area contributed by atoms with E-state index >= 15 is 0 Å². The van der Waals surface area contributed by atoms with Gasteiger partial charge in [0, 0.05) is 24.4 Å². The Morgan fingerprint density at radius 1 is 1.00 bits per heavy atom. The number of benzene rings is 2. The van der Waals surface area contributed by atoms with Crippen molar-refractivity contribution in [1.82, 2.24) is 9.97 Å². The first-order valence-electron chi connectivity index (χ1n) is 6.68. The van der Waals surface area contributed by atoms with Gasteiger partial charge in [0.05, 0.1) is 17.1 Å². The van der Waals surface area contributed by atoms with Crippen LogP contribution in [0.2, 0.25) is 0 Å². The van der Waals surface area contributed by atoms with Crippen molar-refractivity contribution < 1.29 is 5.11 Å². The van der Waals surface area contributed by atoms with Crippen molar-refractivity contribution in [2.75, 3.05) is 0 Å². The number of aromatic nitrogens is 2. The molecule has 0 aliphatic rings. The molecule has 0 saturated heterocycles. The molecule has 0 aliphatic carbocycles. The van der Waals surface area contributed by atoms with Gasteiger partial charge in [0.2, 0.25) is 0 Å². The van der Waals surface area contributed by atoms with Gasteiger partial charge < -0.3 is 5.11 Å². The van der Waals surface area contributed by atoms with Crippen LogP contribution in [-0.4, -0.2) is 15.1 Å². The zero-order chi connectivity index (χ0) is 13.9. The molecule has 0 radical (unpaired) electrons. The molecule has 1 N–H and O–H groups in total. The molecule has 20 heavy (non-hydrogen) atoms. The lowest BCUT2D eigenvalue weighted by atomic mass is 9.97. The first kappa shape index (κ1) is 12.8. The van der Waals surface area contributed by atoms with Crippen LogP contribution < -0.4 is 0 Å². The van der Waals surface area contributed by atoms with Gasteiger partial charge in [-0.05, 0) is 24.1 Å². The molecule has 0 aliphatic heterocycles. The molecule has 0 spiro atoms. The molecule has 2 aromatic carbocycles. The Kier molecular flexibility index (Phi) is 3.44. The highest BCUT2D eigenvalue weighted by atomic mass is 16.3. The lowest BCUT2D eigenvalue weighted by Crippen LogP contribution is -2.04. The topological polar surface area (TPSA) is 46.0 Å². The second-order valence-electron chi connectivity index (χ2n) is 4.92. The lowest BCUT2D eigenvalue weighted by Gasteiger charge is -2.14. The summed E-state index contributed by atoms with van der Waals surface area (Å²) < 4.78 is 0. The normalized spacial score (nSPS) is 12.5. The SMILES string of the molecule is Cc1ccccc1CC(O)c1cccc2nccnc12. The summed E-state index contributed by atoms with van der Waals surface area (Å²) >= 11 is 0. The fourth-order valence-corrected chi connectivity index (χ4v) is 2.44. The monoisotopic (exact) mass is 264 g/mol. The predicted molar refractivity (Wildman–Crippen MR) is 79.4 cm³/mol. The Bertz CT molecular complexity index is 734. The quantitative estimate of drug-likeness (QED) is 0.790. The third-order valence-corrected chi connectivity index (χ3v) is 3.56. The van der Waals surface area contributed by atoms with E-state index < -0.39 is 6.10 Å².